The first-order valence-electron chi connectivity index (χ1n) is 17.3. The number of carbonyl (C=O) groups excluding carboxylic acids is 1. The van der Waals surface area contributed by atoms with E-state index in [-0.39, 0.29) is 18.0 Å². The molecule has 0 spiro atoms. The number of amides is 1. The van der Waals surface area contributed by atoms with Gasteiger partial charge in [-0.2, -0.15) is 0 Å². The number of para-hydroxylation sites is 1. The minimum absolute atomic E-state index is 0.0100. The SMILES string of the molecule is COc1cc(C(=O)N2C[C@H]3CC[C@@H]2[C@@H]3N)cc2nc(-c3cc4cccc(-n5cc([C@H]6CC[C@H](N)CC6)nn5)c4n3CC3CC3)n(C)c12. The van der Waals surface area contributed by atoms with Gasteiger partial charge in [0.15, 0.2) is 5.82 Å². The molecule has 3 aliphatic carbocycles. The number of piperidine rings is 1. The summed E-state index contributed by atoms with van der Waals surface area (Å²) in [4.78, 5) is 21.0. The maximum absolute atomic E-state index is 13.8. The van der Waals surface area contributed by atoms with Crippen molar-refractivity contribution in [3.05, 3.63) is 53.9 Å². The molecule has 244 valence electrons. The van der Waals surface area contributed by atoms with Gasteiger partial charge in [-0.15, -0.1) is 5.10 Å². The maximum Gasteiger partial charge on any atom is 0.254 e. The number of hydrogen-bond donors (Lipinski definition) is 2. The molecule has 11 nitrogen and oxygen atoms in total. The molecular formula is C36H43N9O2. The van der Waals surface area contributed by atoms with Crippen LogP contribution in [0.15, 0.2) is 42.6 Å². The Kier molecular flexibility index (Phi) is 6.73. The van der Waals surface area contributed by atoms with Gasteiger partial charge in [-0.25, -0.2) is 9.67 Å². The summed E-state index contributed by atoms with van der Waals surface area (Å²) in [6.45, 7) is 1.63. The summed E-state index contributed by atoms with van der Waals surface area (Å²) in [5, 5.41) is 10.4. The lowest BCUT2D eigenvalue weighted by molar-refractivity contribution is 0.0700. The first-order chi connectivity index (χ1) is 22.9. The fourth-order valence-electron chi connectivity index (χ4n) is 8.69. The molecule has 4 N–H and O–H groups in total. The zero-order valence-corrected chi connectivity index (χ0v) is 27.2. The number of methoxy groups -OCH3 is 1. The Bertz CT molecular complexity index is 2010. The topological polar surface area (TPSA) is 135 Å². The van der Waals surface area contributed by atoms with E-state index in [2.05, 4.69) is 49.9 Å². The van der Waals surface area contributed by atoms with Crippen LogP contribution in [0.2, 0.25) is 0 Å². The zero-order chi connectivity index (χ0) is 32.0. The van der Waals surface area contributed by atoms with Crippen molar-refractivity contribution in [2.45, 2.75) is 82.0 Å². The third-order valence-corrected chi connectivity index (χ3v) is 11.5. The number of hydrogen-bond acceptors (Lipinski definition) is 7. The highest BCUT2D eigenvalue weighted by Crippen LogP contribution is 2.41. The van der Waals surface area contributed by atoms with Crippen molar-refractivity contribution in [2.75, 3.05) is 13.7 Å². The molecule has 1 aliphatic heterocycles. The van der Waals surface area contributed by atoms with Crippen LogP contribution in [0.3, 0.4) is 0 Å². The summed E-state index contributed by atoms with van der Waals surface area (Å²) >= 11 is 0. The summed E-state index contributed by atoms with van der Waals surface area (Å²) in [5.41, 5.74) is 19.1. The molecule has 47 heavy (non-hydrogen) atoms. The van der Waals surface area contributed by atoms with E-state index in [0.29, 0.717) is 35.1 Å². The Morgan fingerprint density at radius 3 is 2.55 bits per heavy atom. The van der Waals surface area contributed by atoms with E-state index < -0.39 is 0 Å². The quantitative estimate of drug-likeness (QED) is 0.264. The largest absolute Gasteiger partial charge is 0.494 e. The molecule has 0 radical (unpaired) electrons. The van der Waals surface area contributed by atoms with Gasteiger partial charge in [0.2, 0.25) is 0 Å². The van der Waals surface area contributed by atoms with Gasteiger partial charge in [-0.05, 0) is 87.5 Å². The average molecular weight is 634 g/mol. The van der Waals surface area contributed by atoms with Crippen LogP contribution >= 0.6 is 0 Å². The van der Waals surface area contributed by atoms with Crippen LogP contribution in [0.25, 0.3) is 39.1 Å². The highest BCUT2D eigenvalue weighted by Gasteiger charge is 2.47. The molecule has 2 aromatic carbocycles. The summed E-state index contributed by atoms with van der Waals surface area (Å²) < 4.78 is 12.4. The van der Waals surface area contributed by atoms with Crippen LogP contribution in [0, 0.1) is 11.8 Å². The molecule has 4 aliphatic rings. The fraction of sp³-hybridized carbons (Fsp3) is 0.500. The lowest BCUT2D eigenvalue weighted by Gasteiger charge is -2.27. The summed E-state index contributed by atoms with van der Waals surface area (Å²) in [5.74, 6) is 2.92. The molecule has 1 amide bonds. The van der Waals surface area contributed by atoms with Gasteiger partial charge in [0, 0.05) is 55.1 Å². The molecule has 4 fully saturated rings. The number of likely N-dealkylation sites (tertiary alicyclic amines) is 1. The van der Waals surface area contributed by atoms with Gasteiger partial charge < -0.3 is 30.2 Å². The molecule has 5 aromatic rings. The highest BCUT2D eigenvalue weighted by atomic mass is 16.5. The lowest BCUT2D eigenvalue weighted by Crippen LogP contribution is -2.41. The normalized spacial score (nSPS) is 25.8. The van der Waals surface area contributed by atoms with Crippen molar-refractivity contribution in [3.63, 3.8) is 0 Å². The highest BCUT2D eigenvalue weighted by molar-refractivity contribution is 6.01. The smallest absolute Gasteiger partial charge is 0.254 e. The number of fused-ring (bicyclic) bond motifs is 4. The van der Waals surface area contributed by atoms with Gasteiger partial charge in [-0.3, -0.25) is 4.79 Å². The molecule has 3 saturated carbocycles. The van der Waals surface area contributed by atoms with Crippen molar-refractivity contribution in [2.24, 2.45) is 30.4 Å². The van der Waals surface area contributed by atoms with Crippen LogP contribution in [0.5, 0.6) is 5.75 Å². The Hall–Kier alpha value is -4.22. The predicted molar refractivity (Wildman–Crippen MR) is 181 cm³/mol. The molecule has 3 atom stereocenters. The second-order valence-electron chi connectivity index (χ2n) is 14.5. The van der Waals surface area contributed by atoms with E-state index >= 15 is 0 Å². The lowest BCUT2D eigenvalue weighted by atomic mass is 9.85. The van der Waals surface area contributed by atoms with E-state index in [1.165, 1.54) is 12.8 Å². The van der Waals surface area contributed by atoms with Crippen LogP contribution in [0.1, 0.15) is 73.3 Å². The first kappa shape index (κ1) is 29.0. The monoisotopic (exact) mass is 633 g/mol. The molecule has 4 heterocycles. The van der Waals surface area contributed by atoms with Crippen LogP contribution in [-0.4, -0.2) is 71.7 Å². The van der Waals surface area contributed by atoms with E-state index in [1.54, 1.807) is 7.11 Å². The summed E-state index contributed by atoms with van der Waals surface area (Å²) in [6, 6.07) is 12.9. The number of aromatic nitrogens is 6. The van der Waals surface area contributed by atoms with Gasteiger partial charge in [0.25, 0.3) is 5.91 Å². The van der Waals surface area contributed by atoms with E-state index in [9.17, 15) is 4.79 Å². The fourth-order valence-corrected chi connectivity index (χ4v) is 8.69. The van der Waals surface area contributed by atoms with E-state index in [0.717, 1.165) is 96.5 Å². The second kappa shape index (κ2) is 10.9. The molecule has 0 unspecified atom stereocenters. The standard InChI is InChI=1S/C36H43N9O2/c1-42-34-26(14-24(16-31(34)47-2)36(46)44-18-23-10-13-28(44)32(23)38)39-35(42)30-15-22-4-3-5-29(33(22)43(30)17-20-6-7-20)45-19-27(40-41-45)21-8-11-25(37)12-9-21/h3-5,14-16,19-21,23,25,28,32H,6-13,17-18,37-38H2,1-2H3/t21-,23-,25-,28-,32-/m1/s1. The number of benzene rings is 2. The average Bonchev–Trinajstić information content (AvgIpc) is 3.40. The number of aryl methyl sites for hydroxylation is 1. The summed E-state index contributed by atoms with van der Waals surface area (Å²) in [7, 11) is 3.70. The van der Waals surface area contributed by atoms with Gasteiger partial charge >= 0.3 is 0 Å². The Morgan fingerprint density at radius 1 is 1.00 bits per heavy atom. The number of nitrogens with two attached hydrogens (primary N) is 2. The van der Waals surface area contributed by atoms with Crippen LogP contribution < -0.4 is 16.2 Å². The van der Waals surface area contributed by atoms with Gasteiger partial charge in [0.05, 0.1) is 41.4 Å². The van der Waals surface area contributed by atoms with Gasteiger partial charge in [0.1, 0.15) is 11.3 Å². The van der Waals surface area contributed by atoms with Crippen molar-refractivity contribution in [3.8, 4) is 23.0 Å². The summed E-state index contributed by atoms with van der Waals surface area (Å²) in [6.07, 6.45) is 10.8. The number of imidazole rings is 1. The molecule has 11 heteroatoms. The van der Waals surface area contributed by atoms with Crippen LogP contribution in [-0.2, 0) is 13.6 Å². The van der Waals surface area contributed by atoms with E-state index in [1.807, 2.05) is 28.8 Å². The van der Waals surface area contributed by atoms with E-state index in [4.69, 9.17) is 21.2 Å². The minimum Gasteiger partial charge on any atom is -0.494 e. The van der Waals surface area contributed by atoms with Crippen LogP contribution in [0.4, 0.5) is 0 Å². The number of nitrogens with zero attached hydrogens (tertiary/aromatic N) is 7. The van der Waals surface area contributed by atoms with Crippen molar-refractivity contribution in [1.29, 1.82) is 0 Å². The number of ether oxygens (including phenoxy) is 1. The zero-order valence-electron chi connectivity index (χ0n) is 27.2. The maximum atomic E-state index is 13.8. The molecule has 1 saturated heterocycles. The Labute approximate surface area is 273 Å². The molecular weight excluding hydrogens is 590 g/mol. The molecule has 3 aromatic heterocycles. The molecule has 9 rings (SSSR count). The van der Waals surface area contributed by atoms with Crippen molar-refractivity contribution < 1.29 is 9.53 Å². The van der Waals surface area contributed by atoms with Crippen molar-refractivity contribution in [1.82, 2.24) is 34.0 Å². The van der Waals surface area contributed by atoms with Crippen molar-refractivity contribution >= 4 is 27.8 Å². The predicted octanol–water partition coefficient (Wildman–Crippen LogP) is 4.74. The third-order valence-electron chi connectivity index (χ3n) is 11.5. The minimum atomic E-state index is 0.0100. The first-order valence-corrected chi connectivity index (χ1v) is 17.3. The molecule has 2 bridgehead atoms. The Morgan fingerprint density at radius 2 is 1.83 bits per heavy atom. The second-order valence-corrected chi connectivity index (χ2v) is 14.5. The third kappa shape index (κ3) is 4.69. The number of carbonyl (C=O) groups is 1. The van der Waals surface area contributed by atoms with Gasteiger partial charge in [-0.1, -0.05) is 17.3 Å². The number of rotatable bonds is 7. The Balaban J connectivity index is 1.14.